The Hall–Kier alpha value is -0.930. The van der Waals surface area contributed by atoms with Gasteiger partial charge in [0.2, 0.25) is 0 Å². The molecule has 1 aliphatic rings. The lowest BCUT2D eigenvalue weighted by molar-refractivity contribution is 0.357. The summed E-state index contributed by atoms with van der Waals surface area (Å²) in [6, 6.07) is 7.82. The second-order valence-electron chi connectivity index (χ2n) is 4.94. The second-order valence-corrected chi connectivity index (χ2v) is 4.94. The van der Waals surface area contributed by atoms with Gasteiger partial charge in [-0.2, -0.15) is 0 Å². The molecule has 1 heterocycles. The lowest BCUT2D eigenvalue weighted by Crippen LogP contribution is -2.47. The molecular weight excluding hydrogens is 215 g/mol. The van der Waals surface area contributed by atoms with Gasteiger partial charge in [0, 0.05) is 18.6 Å². The van der Waals surface area contributed by atoms with Gasteiger partial charge in [-0.15, -0.1) is 0 Å². The predicted molar refractivity (Wildman–Crippen MR) is 68.6 cm³/mol. The normalized spacial score (nSPS) is 22.4. The summed E-state index contributed by atoms with van der Waals surface area (Å²) < 4.78 is 12.8. The zero-order valence-corrected chi connectivity index (χ0v) is 10.4. The highest BCUT2D eigenvalue weighted by atomic mass is 19.1. The first-order chi connectivity index (χ1) is 8.24. The van der Waals surface area contributed by atoms with E-state index in [1.807, 2.05) is 12.1 Å². The van der Waals surface area contributed by atoms with Crippen molar-refractivity contribution >= 4 is 0 Å². The van der Waals surface area contributed by atoms with E-state index in [1.165, 1.54) is 30.5 Å². The largest absolute Gasteiger partial charge is 0.315 e. The minimum atomic E-state index is -0.161. The van der Waals surface area contributed by atoms with Gasteiger partial charge in [0.15, 0.2) is 0 Å². The number of hydrogen-bond donors (Lipinski definition) is 2. The average Bonchev–Trinajstić information content (AvgIpc) is 2.33. The molecule has 1 aromatic carbocycles. The van der Waals surface area contributed by atoms with Crippen LogP contribution in [0.15, 0.2) is 24.3 Å². The maximum atomic E-state index is 12.8. The highest BCUT2D eigenvalue weighted by Crippen LogP contribution is 2.08. The molecule has 0 aromatic heterocycles. The van der Waals surface area contributed by atoms with Crippen LogP contribution in [0.2, 0.25) is 0 Å². The Morgan fingerprint density at radius 3 is 2.82 bits per heavy atom. The number of rotatable bonds is 4. The summed E-state index contributed by atoms with van der Waals surface area (Å²) in [6.07, 6.45) is 3.46. The number of nitrogens with one attached hydrogen (secondary N) is 2. The third kappa shape index (κ3) is 4.10. The minimum Gasteiger partial charge on any atom is -0.315 e. The van der Waals surface area contributed by atoms with Crippen molar-refractivity contribution < 1.29 is 4.39 Å². The molecule has 2 N–H and O–H groups in total. The van der Waals surface area contributed by atoms with Gasteiger partial charge in [-0.3, -0.25) is 0 Å². The Kier molecular flexibility index (Phi) is 4.51. The zero-order chi connectivity index (χ0) is 12.1. The van der Waals surface area contributed by atoms with E-state index in [0.717, 1.165) is 19.5 Å². The van der Waals surface area contributed by atoms with Crippen molar-refractivity contribution in [2.45, 2.75) is 38.3 Å². The van der Waals surface area contributed by atoms with Crippen LogP contribution in [0.3, 0.4) is 0 Å². The quantitative estimate of drug-likeness (QED) is 0.836. The first-order valence-electron chi connectivity index (χ1n) is 6.45. The van der Waals surface area contributed by atoms with Crippen LogP contribution < -0.4 is 10.6 Å². The van der Waals surface area contributed by atoms with E-state index in [9.17, 15) is 4.39 Å². The monoisotopic (exact) mass is 236 g/mol. The van der Waals surface area contributed by atoms with Crippen LogP contribution in [-0.2, 0) is 6.42 Å². The molecule has 2 unspecified atom stereocenters. The molecule has 2 nitrogen and oxygen atoms in total. The maximum Gasteiger partial charge on any atom is 0.123 e. The van der Waals surface area contributed by atoms with E-state index >= 15 is 0 Å². The Labute approximate surface area is 103 Å². The van der Waals surface area contributed by atoms with Crippen LogP contribution >= 0.6 is 0 Å². The van der Waals surface area contributed by atoms with Gasteiger partial charge in [0.05, 0.1) is 0 Å². The van der Waals surface area contributed by atoms with Crippen LogP contribution in [-0.4, -0.2) is 25.2 Å². The van der Waals surface area contributed by atoms with Crippen LogP contribution in [0, 0.1) is 5.82 Å². The van der Waals surface area contributed by atoms with E-state index in [-0.39, 0.29) is 5.82 Å². The summed E-state index contributed by atoms with van der Waals surface area (Å²) in [5, 5.41) is 7.03. The van der Waals surface area contributed by atoms with Crippen molar-refractivity contribution in [2.24, 2.45) is 0 Å². The fourth-order valence-corrected chi connectivity index (χ4v) is 2.43. The van der Waals surface area contributed by atoms with Crippen molar-refractivity contribution in [2.75, 3.05) is 13.1 Å². The molecule has 1 fully saturated rings. The predicted octanol–water partition coefficient (Wildman–Crippen LogP) is 2.10. The minimum absolute atomic E-state index is 0.161. The molecule has 0 amide bonds. The van der Waals surface area contributed by atoms with Crippen LogP contribution in [0.1, 0.15) is 25.3 Å². The number of hydrogen-bond acceptors (Lipinski definition) is 2. The summed E-state index contributed by atoms with van der Waals surface area (Å²) in [5.74, 6) is -0.161. The average molecular weight is 236 g/mol. The first-order valence-corrected chi connectivity index (χ1v) is 6.45. The van der Waals surface area contributed by atoms with Gasteiger partial charge >= 0.3 is 0 Å². The SMILES string of the molecule is CC(Cc1ccc(F)cc1)NC1CCCNC1. The summed E-state index contributed by atoms with van der Waals surface area (Å²) in [4.78, 5) is 0. The molecule has 0 saturated carbocycles. The Balaban J connectivity index is 1.79. The number of halogens is 1. The molecule has 94 valence electrons. The van der Waals surface area contributed by atoms with Gasteiger partial charge in [-0.25, -0.2) is 4.39 Å². The molecule has 2 rings (SSSR count). The molecule has 17 heavy (non-hydrogen) atoms. The summed E-state index contributed by atoms with van der Waals surface area (Å²) in [5.41, 5.74) is 1.19. The zero-order valence-electron chi connectivity index (χ0n) is 10.4. The number of piperidine rings is 1. The molecular formula is C14H21FN2. The maximum absolute atomic E-state index is 12.8. The molecule has 3 heteroatoms. The van der Waals surface area contributed by atoms with E-state index in [1.54, 1.807) is 0 Å². The van der Waals surface area contributed by atoms with Gasteiger partial charge in [0.1, 0.15) is 5.82 Å². The van der Waals surface area contributed by atoms with Gasteiger partial charge < -0.3 is 10.6 Å². The Morgan fingerprint density at radius 1 is 1.41 bits per heavy atom. The van der Waals surface area contributed by atoms with E-state index in [0.29, 0.717) is 12.1 Å². The highest BCUT2D eigenvalue weighted by Gasteiger charge is 2.14. The summed E-state index contributed by atoms with van der Waals surface area (Å²) >= 11 is 0. The van der Waals surface area contributed by atoms with Crippen molar-refractivity contribution in [3.8, 4) is 0 Å². The molecule has 2 atom stereocenters. The highest BCUT2D eigenvalue weighted by molar-refractivity contribution is 5.17. The van der Waals surface area contributed by atoms with E-state index in [4.69, 9.17) is 0 Å². The topological polar surface area (TPSA) is 24.1 Å². The van der Waals surface area contributed by atoms with E-state index in [2.05, 4.69) is 17.6 Å². The Morgan fingerprint density at radius 2 is 2.18 bits per heavy atom. The third-order valence-corrected chi connectivity index (χ3v) is 3.27. The van der Waals surface area contributed by atoms with Crippen LogP contribution in [0.4, 0.5) is 4.39 Å². The van der Waals surface area contributed by atoms with Crippen LogP contribution in [0.5, 0.6) is 0 Å². The molecule has 1 aliphatic heterocycles. The fourth-order valence-electron chi connectivity index (χ4n) is 2.43. The lowest BCUT2D eigenvalue weighted by Gasteiger charge is -2.27. The molecule has 1 saturated heterocycles. The van der Waals surface area contributed by atoms with E-state index < -0.39 is 0 Å². The first kappa shape index (κ1) is 12.5. The third-order valence-electron chi connectivity index (χ3n) is 3.27. The van der Waals surface area contributed by atoms with Gasteiger partial charge in [-0.1, -0.05) is 12.1 Å². The van der Waals surface area contributed by atoms with Gasteiger partial charge in [-0.05, 0) is 50.4 Å². The van der Waals surface area contributed by atoms with Crippen molar-refractivity contribution in [3.63, 3.8) is 0 Å². The fraction of sp³-hybridized carbons (Fsp3) is 0.571. The molecule has 0 bridgehead atoms. The standard InChI is InChI=1S/C14H21FN2/c1-11(17-14-3-2-8-16-10-14)9-12-4-6-13(15)7-5-12/h4-7,11,14,16-17H,2-3,8-10H2,1H3. The molecule has 0 aliphatic carbocycles. The van der Waals surface area contributed by atoms with Crippen molar-refractivity contribution in [1.82, 2.24) is 10.6 Å². The van der Waals surface area contributed by atoms with Crippen molar-refractivity contribution in [1.29, 1.82) is 0 Å². The molecule has 0 spiro atoms. The second kappa shape index (κ2) is 6.12. The van der Waals surface area contributed by atoms with Crippen LogP contribution in [0.25, 0.3) is 0 Å². The summed E-state index contributed by atoms with van der Waals surface area (Å²) in [7, 11) is 0. The molecule has 0 radical (unpaired) electrons. The smallest absolute Gasteiger partial charge is 0.123 e. The van der Waals surface area contributed by atoms with Gasteiger partial charge in [0.25, 0.3) is 0 Å². The lowest BCUT2D eigenvalue weighted by atomic mass is 10.0. The Bertz CT molecular complexity index is 331. The number of benzene rings is 1. The summed E-state index contributed by atoms with van der Waals surface area (Å²) in [6.45, 7) is 4.40. The van der Waals surface area contributed by atoms with Crippen molar-refractivity contribution in [3.05, 3.63) is 35.6 Å². The molecule has 1 aromatic rings.